The van der Waals surface area contributed by atoms with Crippen LogP contribution in [0, 0.1) is 5.92 Å². The summed E-state index contributed by atoms with van der Waals surface area (Å²) in [5.41, 5.74) is 7.28. The fraction of sp³-hybridized carbons (Fsp3) is 0.562. The number of pyridine rings is 1. The van der Waals surface area contributed by atoms with Gasteiger partial charge in [0.05, 0.1) is 0 Å². The second-order valence-electron chi connectivity index (χ2n) is 5.84. The van der Waals surface area contributed by atoms with Gasteiger partial charge >= 0.3 is 0 Å². The van der Waals surface area contributed by atoms with E-state index in [1.54, 1.807) is 6.20 Å². The van der Waals surface area contributed by atoms with Crippen LogP contribution in [0.1, 0.15) is 56.3 Å². The first-order chi connectivity index (χ1) is 10.3. The molecule has 1 aliphatic carbocycles. The molecule has 2 N–H and O–H groups in total. The van der Waals surface area contributed by atoms with E-state index in [1.807, 2.05) is 12.1 Å². The van der Waals surface area contributed by atoms with Crippen molar-refractivity contribution in [3.05, 3.63) is 29.7 Å². The van der Waals surface area contributed by atoms with E-state index >= 15 is 0 Å². The van der Waals surface area contributed by atoms with Crippen molar-refractivity contribution in [2.45, 2.75) is 51.5 Å². The summed E-state index contributed by atoms with van der Waals surface area (Å²) in [5, 5.41) is 4.16. The highest BCUT2D eigenvalue weighted by Crippen LogP contribution is 2.36. The van der Waals surface area contributed by atoms with Crippen LogP contribution in [0.4, 0.5) is 0 Å². The molecule has 5 nitrogen and oxygen atoms in total. The Morgan fingerprint density at radius 2 is 2.05 bits per heavy atom. The molecule has 1 aliphatic rings. The van der Waals surface area contributed by atoms with Crippen LogP contribution in [0.15, 0.2) is 22.9 Å². The molecule has 1 saturated carbocycles. The highest BCUT2D eigenvalue weighted by molar-refractivity contribution is 5.46. The van der Waals surface area contributed by atoms with Gasteiger partial charge in [0.15, 0.2) is 5.82 Å². The molecule has 112 valence electrons. The number of hydrogen-bond acceptors (Lipinski definition) is 5. The first-order valence-corrected chi connectivity index (χ1v) is 7.79. The van der Waals surface area contributed by atoms with E-state index < -0.39 is 0 Å². The van der Waals surface area contributed by atoms with Gasteiger partial charge in [-0.3, -0.25) is 4.98 Å². The average Bonchev–Trinajstić information content (AvgIpc) is 3.05. The van der Waals surface area contributed by atoms with Gasteiger partial charge < -0.3 is 10.3 Å². The third kappa shape index (κ3) is 3.13. The van der Waals surface area contributed by atoms with E-state index in [0.29, 0.717) is 24.0 Å². The SMILES string of the molecule is CCC1CCC(c2noc(-c3ccc(CN)cn3)n2)CC1. The zero-order valence-corrected chi connectivity index (χ0v) is 12.5. The van der Waals surface area contributed by atoms with Crippen LogP contribution in [0.3, 0.4) is 0 Å². The van der Waals surface area contributed by atoms with Gasteiger partial charge in [0.2, 0.25) is 0 Å². The minimum absolute atomic E-state index is 0.439. The Balaban J connectivity index is 1.71. The molecule has 0 bridgehead atoms. The topological polar surface area (TPSA) is 77.8 Å². The first-order valence-electron chi connectivity index (χ1n) is 7.79. The van der Waals surface area contributed by atoms with Gasteiger partial charge in [-0.25, -0.2) is 0 Å². The van der Waals surface area contributed by atoms with E-state index in [9.17, 15) is 0 Å². The quantitative estimate of drug-likeness (QED) is 0.933. The normalized spacial score (nSPS) is 22.4. The highest BCUT2D eigenvalue weighted by Gasteiger charge is 2.25. The van der Waals surface area contributed by atoms with Crippen LogP contribution >= 0.6 is 0 Å². The number of hydrogen-bond donors (Lipinski definition) is 1. The molecule has 2 heterocycles. The molecule has 0 spiro atoms. The average molecular weight is 286 g/mol. The predicted octanol–water partition coefficient (Wildman–Crippen LogP) is 3.27. The molecular weight excluding hydrogens is 264 g/mol. The first kappa shape index (κ1) is 14.2. The van der Waals surface area contributed by atoms with Crippen LogP contribution < -0.4 is 5.73 Å². The summed E-state index contributed by atoms with van der Waals surface area (Å²) in [7, 11) is 0. The maximum absolute atomic E-state index is 5.57. The maximum atomic E-state index is 5.57. The minimum atomic E-state index is 0.439. The molecule has 0 aliphatic heterocycles. The largest absolute Gasteiger partial charge is 0.332 e. The summed E-state index contributed by atoms with van der Waals surface area (Å²) >= 11 is 0. The molecule has 0 unspecified atom stereocenters. The van der Waals surface area contributed by atoms with Crippen LogP contribution in [0.5, 0.6) is 0 Å². The van der Waals surface area contributed by atoms with Gasteiger partial charge in [-0.2, -0.15) is 4.98 Å². The van der Waals surface area contributed by atoms with Crippen molar-refractivity contribution in [2.75, 3.05) is 0 Å². The molecule has 5 heteroatoms. The molecule has 0 amide bonds. The van der Waals surface area contributed by atoms with Gasteiger partial charge in [-0.05, 0) is 43.2 Å². The molecule has 0 saturated heterocycles. The molecule has 0 aromatic carbocycles. The lowest BCUT2D eigenvalue weighted by atomic mass is 9.80. The number of nitrogens with two attached hydrogens (primary N) is 1. The third-order valence-electron chi connectivity index (χ3n) is 4.51. The lowest BCUT2D eigenvalue weighted by Gasteiger charge is -2.25. The molecule has 1 fully saturated rings. The lowest BCUT2D eigenvalue weighted by molar-refractivity contribution is 0.305. The summed E-state index contributed by atoms with van der Waals surface area (Å²) in [4.78, 5) is 8.87. The second kappa shape index (κ2) is 6.35. The summed E-state index contributed by atoms with van der Waals surface area (Å²) in [6.07, 6.45) is 7.91. The van der Waals surface area contributed by atoms with Gasteiger partial charge in [0, 0.05) is 18.7 Å². The minimum Gasteiger partial charge on any atom is -0.332 e. The van der Waals surface area contributed by atoms with Gasteiger partial charge in [-0.1, -0.05) is 24.6 Å². The van der Waals surface area contributed by atoms with Crippen LogP contribution in [0.25, 0.3) is 11.6 Å². The molecule has 0 radical (unpaired) electrons. The molecule has 3 rings (SSSR count). The van der Waals surface area contributed by atoms with Crippen molar-refractivity contribution < 1.29 is 4.52 Å². The van der Waals surface area contributed by atoms with E-state index in [0.717, 1.165) is 30.1 Å². The molecule has 2 aromatic rings. The zero-order chi connectivity index (χ0) is 14.7. The van der Waals surface area contributed by atoms with Crippen molar-refractivity contribution in [1.82, 2.24) is 15.1 Å². The summed E-state index contributed by atoms with van der Waals surface area (Å²) < 4.78 is 5.38. The van der Waals surface area contributed by atoms with Crippen LogP contribution in [0.2, 0.25) is 0 Å². The summed E-state index contributed by atoms with van der Waals surface area (Å²) in [6, 6.07) is 3.83. The monoisotopic (exact) mass is 286 g/mol. The van der Waals surface area contributed by atoms with E-state index in [4.69, 9.17) is 10.3 Å². The molecule has 21 heavy (non-hydrogen) atoms. The Labute approximate surface area is 125 Å². The van der Waals surface area contributed by atoms with Gasteiger partial charge in [0.25, 0.3) is 5.89 Å². The fourth-order valence-electron chi connectivity index (χ4n) is 3.01. The smallest absolute Gasteiger partial charge is 0.276 e. The van der Waals surface area contributed by atoms with Crippen LogP contribution in [-0.4, -0.2) is 15.1 Å². The van der Waals surface area contributed by atoms with E-state index in [-0.39, 0.29) is 0 Å². The van der Waals surface area contributed by atoms with E-state index in [1.165, 1.54) is 19.3 Å². The lowest BCUT2D eigenvalue weighted by Crippen LogP contribution is -2.13. The molecular formula is C16H22N4O. The van der Waals surface area contributed by atoms with Crippen molar-refractivity contribution >= 4 is 0 Å². The number of nitrogens with zero attached hydrogens (tertiary/aromatic N) is 3. The van der Waals surface area contributed by atoms with E-state index in [2.05, 4.69) is 22.0 Å². The second-order valence-corrected chi connectivity index (χ2v) is 5.84. The highest BCUT2D eigenvalue weighted by atomic mass is 16.5. The van der Waals surface area contributed by atoms with Crippen molar-refractivity contribution in [3.63, 3.8) is 0 Å². The van der Waals surface area contributed by atoms with Crippen molar-refractivity contribution in [3.8, 4) is 11.6 Å². The Hall–Kier alpha value is -1.75. The maximum Gasteiger partial charge on any atom is 0.276 e. The fourth-order valence-corrected chi connectivity index (χ4v) is 3.01. The predicted molar refractivity (Wildman–Crippen MR) is 80.4 cm³/mol. The Kier molecular flexibility index (Phi) is 4.29. The zero-order valence-electron chi connectivity index (χ0n) is 12.5. The third-order valence-corrected chi connectivity index (χ3v) is 4.51. The van der Waals surface area contributed by atoms with Crippen molar-refractivity contribution in [2.24, 2.45) is 11.7 Å². The Morgan fingerprint density at radius 1 is 1.24 bits per heavy atom. The molecule has 2 aromatic heterocycles. The van der Waals surface area contributed by atoms with Gasteiger partial charge in [-0.15, -0.1) is 0 Å². The number of aromatic nitrogens is 3. The molecule has 0 atom stereocenters. The number of rotatable bonds is 4. The Morgan fingerprint density at radius 3 is 2.67 bits per heavy atom. The summed E-state index contributed by atoms with van der Waals surface area (Å²) in [6.45, 7) is 2.76. The Bertz CT molecular complexity index is 570. The standard InChI is InChI=1S/C16H22N4O/c1-2-11-3-6-13(7-4-11)15-19-16(21-20-15)14-8-5-12(9-17)10-18-14/h5,8,10-11,13H,2-4,6-7,9,17H2,1H3. The van der Waals surface area contributed by atoms with Gasteiger partial charge in [0.1, 0.15) is 5.69 Å². The summed E-state index contributed by atoms with van der Waals surface area (Å²) in [5.74, 6) is 2.65. The van der Waals surface area contributed by atoms with Crippen molar-refractivity contribution in [1.29, 1.82) is 0 Å². The van der Waals surface area contributed by atoms with Crippen LogP contribution in [-0.2, 0) is 6.54 Å².